The maximum Gasteiger partial charge on any atom is 0.240 e. The number of amides is 1. The lowest BCUT2D eigenvalue weighted by Crippen LogP contribution is -2.42. The Balaban J connectivity index is 1.41. The van der Waals surface area contributed by atoms with Crippen LogP contribution in [0.2, 0.25) is 5.02 Å². The van der Waals surface area contributed by atoms with E-state index in [1.807, 2.05) is 41.3 Å². The van der Waals surface area contributed by atoms with Gasteiger partial charge in [0.25, 0.3) is 0 Å². The van der Waals surface area contributed by atoms with Gasteiger partial charge >= 0.3 is 0 Å². The number of nitrogens with two attached hydrogens (primary N) is 1. The molecule has 0 fully saturated rings. The molecule has 1 amide bonds. The van der Waals surface area contributed by atoms with Crippen molar-refractivity contribution in [2.45, 2.75) is 25.6 Å². The van der Waals surface area contributed by atoms with Gasteiger partial charge in [-0.05, 0) is 41.0 Å². The van der Waals surface area contributed by atoms with Crippen LogP contribution in [0.3, 0.4) is 0 Å². The van der Waals surface area contributed by atoms with Crippen molar-refractivity contribution in [1.82, 2.24) is 4.90 Å². The van der Waals surface area contributed by atoms with Crippen molar-refractivity contribution in [3.05, 3.63) is 81.7 Å². The average Bonchev–Trinajstić information content (AvgIpc) is 3.28. The van der Waals surface area contributed by atoms with E-state index in [0.717, 1.165) is 20.3 Å². The predicted octanol–water partition coefficient (Wildman–Crippen LogP) is 4.48. The molecule has 5 heteroatoms. The molecule has 2 heterocycles. The number of hydrogen-bond donors (Lipinski definition) is 1. The summed E-state index contributed by atoms with van der Waals surface area (Å²) >= 11 is 7.62. The zero-order valence-corrected chi connectivity index (χ0v) is 15.8. The Kier molecular flexibility index (Phi) is 4.81. The van der Waals surface area contributed by atoms with Crippen LogP contribution >= 0.6 is 22.9 Å². The van der Waals surface area contributed by atoms with Crippen molar-refractivity contribution in [2.24, 2.45) is 5.73 Å². The van der Waals surface area contributed by atoms with E-state index in [2.05, 4.69) is 24.3 Å². The summed E-state index contributed by atoms with van der Waals surface area (Å²) in [7, 11) is 0. The van der Waals surface area contributed by atoms with Crippen LogP contribution in [-0.2, 0) is 24.3 Å². The monoisotopic (exact) mass is 382 g/mol. The predicted molar refractivity (Wildman–Crippen MR) is 107 cm³/mol. The van der Waals surface area contributed by atoms with Crippen molar-refractivity contribution < 1.29 is 4.79 Å². The van der Waals surface area contributed by atoms with E-state index in [1.54, 1.807) is 11.3 Å². The topological polar surface area (TPSA) is 46.3 Å². The number of rotatable bonds is 4. The summed E-state index contributed by atoms with van der Waals surface area (Å²) in [5, 5.41) is 0.727. The Morgan fingerprint density at radius 1 is 1.04 bits per heavy atom. The largest absolute Gasteiger partial charge is 0.333 e. The van der Waals surface area contributed by atoms with Crippen LogP contribution in [0, 0.1) is 0 Å². The lowest BCUT2D eigenvalue weighted by atomic mass is 10.1. The second-order valence-corrected chi connectivity index (χ2v) is 8.15. The SMILES string of the molecule is N[C@H](Cc1ccc(-c2ccc(Cl)cc2)s1)C(=O)N1Cc2ccccc2C1. The molecular formula is C21H19ClN2OS. The molecule has 132 valence electrons. The quantitative estimate of drug-likeness (QED) is 0.723. The fourth-order valence-corrected chi connectivity index (χ4v) is 4.48. The van der Waals surface area contributed by atoms with E-state index in [0.29, 0.717) is 19.5 Å². The Hall–Kier alpha value is -2.14. The summed E-state index contributed by atoms with van der Waals surface area (Å²) in [6.07, 6.45) is 0.559. The number of carbonyl (C=O) groups excluding carboxylic acids is 1. The summed E-state index contributed by atoms with van der Waals surface area (Å²) < 4.78 is 0. The van der Waals surface area contributed by atoms with Crippen LogP contribution in [0.1, 0.15) is 16.0 Å². The number of hydrogen-bond acceptors (Lipinski definition) is 3. The zero-order chi connectivity index (χ0) is 18.1. The van der Waals surface area contributed by atoms with Gasteiger partial charge in [0, 0.05) is 34.3 Å². The number of thiophene rings is 1. The minimum atomic E-state index is -0.513. The molecule has 0 bridgehead atoms. The first-order valence-corrected chi connectivity index (χ1v) is 9.75. The van der Waals surface area contributed by atoms with Crippen LogP contribution in [0.4, 0.5) is 0 Å². The number of halogens is 1. The lowest BCUT2D eigenvalue weighted by molar-refractivity contribution is -0.133. The minimum Gasteiger partial charge on any atom is -0.333 e. The van der Waals surface area contributed by atoms with Gasteiger partial charge in [0.1, 0.15) is 0 Å². The maximum atomic E-state index is 12.7. The van der Waals surface area contributed by atoms with Crippen molar-refractivity contribution in [3.8, 4) is 10.4 Å². The van der Waals surface area contributed by atoms with Gasteiger partial charge in [-0.3, -0.25) is 4.79 Å². The maximum absolute atomic E-state index is 12.7. The van der Waals surface area contributed by atoms with Gasteiger partial charge in [0.15, 0.2) is 0 Å². The highest BCUT2D eigenvalue weighted by atomic mass is 35.5. The molecule has 2 aromatic carbocycles. The fourth-order valence-electron chi connectivity index (χ4n) is 3.28. The highest BCUT2D eigenvalue weighted by molar-refractivity contribution is 7.15. The van der Waals surface area contributed by atoms with Crippen LogP contribution in [0.5, 0.6) is 0 Å². The molecule has 3 aromatic rings. The van der Waals surface area contributed by atoms with Gasteiger partial charge in [0.2, 0.25) is 5.91 Å². The van der Waals surface area contributed by atoms with Gasteiger partial charge in [-0.1, -0.05) is 48.0 Å². The average molecular weight is 383 g/mol. The molecule has 0 spiro atoms. The van der Waals surface area contributed by atoms with Crippen LogP contribution < -0.4 is 5.73 Å². The third-order valence-electron chi connectivity index (χ3n) is 4.68. The Labute approximate surface area is 162 Å². The summed E-state index contributed by atoms with van der Waals surface area (Å²) in [6.45, 7) is 1.31. The molecule has 3 nitrogen and oxygen atoms in total. The first-order chi connectivity index (χ1) is 12.6. The smallest absolute Gasteiger partial charge is 0.240 e. The van der Waals surface area contributed by atoms with Crippen molar-refractivity contribution in [1.29, 1.82) is 0 Å². The van der Waals surface area contributed by atoms with E-state index in [9.17, 15) is 4.79 Å². The summed E-state index contributed by atoms with van der Waals surface area (Å²) in [6, 6.07) is 19.6. The van der Waals surface area contributed by atoms with E-state index in [4.69, 9.17) is 17.3 Å². The van der Waals surface area contributed by atoms with Gasteiger partial charge in [-0.15, -0.1) is 11.3 Å². The number of fused-ring (bicyclic) bond motifs is 1. The highest BCUT2D eigenvalue weighted by Crippen LogP contribution is 2.30. The molecule has 4 rings (SSSR count). The number of benzene rings is 2. The second-order valence-electron chi connectivity index (χ2n) is 6.55. The van der Waals surface area contributed by atoms with Gasteiger partial charge in [-0.2, -0.15) is 0 Å². The Bertz CT molecular complexity index is 910. The third-order valence-corrected chi connectivity index (χ3v) is 6.09. The van der Waals surface area contributed by atoms with E-state index < -0.39 is 6.04 Å². The Morgan fingerprint density at radius 2 is 1.69 bits per heavy atom. The second kappa shape index (κ2) is 7.23. The van der Waals surface area contributed by atoms with Crippen LogP contribution in [-0.4, -0.2) is 16.8 Å². The summed E-state index contributed by atoms with van der Waals surface area (Å²) in [5.74, 6) is 0.0163. The van der Waals surface area contributed by atoms with Gasteiger partial charge < -0.3 is 10.6 Å². The molecule has 2 N–H and O–H groups in total. The molecule has 26 heavy (non-hydrogen) atoms. The van der Waals surface area contributed by atoms with Gasteiger partial charge in [-0.25, -0.2) is 0 Å². The molecule has 0 unspecified atom stereocenters. The van der Waals surface area contributed by atoms with Crippen LogP contribution in [0.25, 0.3) is 10.4 Å². The molecule has 0 saturated carbocycles. The van der Waals surface area contributed by atoms with Crippen LogP contribution in [0.15, 0.2) is 60.7 Å². The number of nitrogens with zero attached hydrogens (tertiary/aromatic N) is 1. The van der Waals surface area contributed by atoms with E-state index in [-0.39, 0.29) is 5.91 Å². The highest BCUT2D eigenvalue weighted by Gasteiger charge is 2.27. The first kappa shape index (κ1) is 17.3. The molecule has 0 radical (unpaired) electrons. The number of carbonyl (C=O) groups is 1. The molecule has 0 aliphatic carbocycles. The van der Waals surface area contributed by atoms with Crippen molar-refractivity contribution >= 4 is 28.8 Å². The van der Waals surface area contributed by atoms with Crippen molar-refractivity contribution in [3.63, 3.8) is 0 Å². The van der Waals surface area contributed by atoms with E-state index >= 15 is 0 Å². The molecular weight excluding hydrogens is 364 g/mol. The Morgan fingerprint density at radius 3 is 2.35 bits per heavy atom. The molecule has 1 atom stereocenters. The standard InChI is InChI=1S/C21H19ClN2OS/c22-17-7-5-14(6-8-17)20-10-9-18(26-20)11-19(23)21(25)24-12-15-3-1-2-4-16(15)13-24/h1-10,19H,11-13,23H2/t19-/m1/s1. The normalized spacial score (nSPS) is 14.3. The lowest BCUT2D eigenvalue weighted by Gasteiger charge is -2.20. The fraction of sp³-hybridized carbons (Fsp3) is 0.190. The summed E-state index contributed by atoms with van der Waals surface area (Å²) in [4.78, 5) is 16.8. The van der Waals surface area contributed by atoms with Crippen molar-refractivity contribution in [2.75, 3.05) is 0 Å². The van der Waals surface area contributed by atoms with Gasteiger partial charge in [0.05, 0.1) is 6.04 Å². The minimum absolute atomic E-state index is 0.0163. The molecule has 1 aromatic heterocycles. The summed E-state index contributed by atoms with van der Waals surface area (Å²) in [5.41, 5.74) is 9.79. The molecule has 1 aliphatic rings. The van der Waals surface area contributed by atoms with E-state index in [1.165, 1.54) is 11.1 Å². The first-order valence-electron chi connectivity index (χ1n) is 8.56. The molecule has 0 saturated heterocycles. The molecule has 1 aliphatic heterocycles. The third kappa shape index (κ3) is 3.54. The zero-order valence-electron chi connectivity index (χ0n) is 14.2.